The molecular formula is C23H15BrO5. The van der Waals surface area contributed by atoms with Crippen LogP contribution in [0.15, 0.2) is 53.0 Å². The summed E-state index contributed by atoms with van der Waals surface area (Å²) in [7, 11) is 0. The SMILES string of the molecule is O=C1c2ccccc2C(=O)c2c(O)c3c(c(O)c21)C(O)CC3c1cccc(Br)c1. The molecule has 0 heterocycles. The van der Waals surface area contributed by atoms with Gasteiger partial charge in [-0.05, 0) is 24.1 Å². The summed E-state index contributed by atoms with van der Waals surface area (Å²) in [6, 6.07) is 13.7. The molecule has 2 unspecified atom stereocenters. The fourth-order valence-corrected chi connectivity index (χ4v) is 4.94. The minimum atomic E-state index is -1.06. The molecule has 0 radical (unpaired) electrons. The second-order valence-corrected chi connectivity index (χ2v) is 8.25. The molecule has 5 nitrogen and oxygen atoms in total. The first kappa shape index (κ1) is 18.1. The van der Waals surface area contributed by atoms with Crippen LogP contribution in [-0.4, -0.2) is 26.9 Å². The first-order valence-electron chi connectivity index (χ1n) is 9.13. The summed E-state index contributed by atoms with van der Waals surface area (Å²) in [5.41, 5.74) is 1.17. The Kier molecular flexibility index (Phi) is 3.91. The average molecular weight is 451 g/mol. The Morgan fingerprint density at radius 2 is 1.41 bits per heavy atom. The van der Waals surface area contributed by atoms with Gasteiger partial charge in [-0.1, -0.05) is 52.3 Å². The molecular weight excluding hydrogens is 436 g/mol. The molecule has 29 heavy (non-hydrogen) atoms. The maximum atomic E-state index is 13.1. The van der Waals surface area contributed by atoms with Crippen LogP contribution in [0.1, 0.15) is 67.0 Å². The number of rotatable bonds is 1. The van der Waals surface area contributed by atoms with Gasteiger partial charge in [0, 0.05) is 32.6 Å². The number of fused-ring (bicyclic) bond motifs is 3. The Bertz CT molecular complexity index is 1230. The van der Waals surface area contributed by atoms with Crippen LogP contribution < -0.4 is 0 Å². The molecule has 0 aromatic heterocycles. The normalized spacial score (nSPS) is 19.7. The number of carbonyl (C=O) groups is 2. The Hall–Kier alpha value is -2.96. The van der Waals surface area contributed by atoms with Gasteiger partial charge in [-0.2, -0.15) is 0 Å². The molecule has 144 valence electrons. The summed E-state index contributed by atoms with van der Waals surface area (Å²) >= 11 is 3.42. The number of aliphatic hydroxyl groups excluding tert-OH is 1. The molecule has 3 aromatic carbocycles. The predicted octanol–water partition coefficient (Wildman–Crippen LogP) is 4.20. The lowest BCUT2D eigenvalue weighted by Gasteiger charge is -2.23. The third-order valence-corrected chi connectivity index (χ3v) is 6.28. The lowest BCUT2D eigenvalue weighted by molar-refractivity contribution is 0.0973. The van der Waals surface area contributed by atoms with E-state index in [1.165, 1.54) is 12.1 Å². The van der Waals surface area contributed by atoms with Crippen LogP contribution >= 0.6 is 15.9 Å². The maximum absolute atomic E-state index is 13.1. The van der Waals surface area contributed by atoms with Gasteiger partial charge in [0.25, 0.3) is 0 Å². The third-order valence-electron chi connectivity index (χ3n) is 5.79. The number of halogens is 1. The summed E-state index contributed by atoms with van der Waals surface area (Å²) in [4.78, 5) is 26.1. The zero-order valence-corrected chi connectivity index (χ0v) is 16.6. The Labute approximate surface area is 174 Å². The summed E-state index contributed by atoms with van der Waals surface area (Å²) in [6.45, 7) is 0. The quantitative estimate of drug-likeness (QED) is 0.377. The largest absolute Gasteiger partial charge is 0.507 e. The highest BCUT2D eigenvalue weighted by atomic mass is 79.9. The van der Waals surface area contributed by atoms with Crippen molar-refractivity contribution in [3.05, 3.63) is 91.9 Å². The van der Waals surface area contributed by atoms with E-state index in [9.17, 15) is 24.9 Å². The Balaban J connectivity index is 1.81. The van der Waals surface area contributed by atoms with Gasteiger partial charge in [0.2, 0.25) is 0 Å². The lowest BCUT2D eigenvalue weighted by Crippen LogP contribution is -2.22. The summed E-state index contributed by atoms with van der Waals surface area (Å²) in [5.74, 6) is -2.24. The minimum absolute atomic E-state index is 0.117. The fraction of sp³-hybridized carbons (Fsp3) is 0.130. The van der Waals surface area contributed by atoms with E-state index < -0.39 is 29.3 Å². The highest BCUT2D eigenvalue weighted by molar-refractivity contribution is 9.10. The van der Waals surface area contributed by atoms with Crippen LogP contribution in [0.2, 0.25) is 0 Å². The van der Waals surface area contributed by atoms with Crippen LogP contribution in [0.4, 0.5) is 0 Å². The zero-order valence-electron chi connectivity index (χ0n) is 15.0. The van der Waals surface area contributed by atoms with Gasteiger partial charge in [0.05, 0.1) is 17.2 Å². The molecule has 0 spiro atoms. The van der Waals surface area contributed by atoms with E-state index in [2.05, 4.69) is 15.9 Å². The minimum Gasteiger partial charge on any atom is -0.507 e. The highest BCUT2D eigenvalue weighted by Gasteiger charge is 2.43. The highest BCUT2D eigenvalue weighted by Crippen LogP contribution is 2.55. The van der Waals surface area contributed by atoms with Gasteiger partial charge in [-0.3, -0.25) is 9.59 Å². The molecule has 5 rings (SSSR count). The van der Waals surface area contributed by atoms with E-state index in [0.29, 0.717) is 5.56 Å². The first-order chi connectivity index (χ1) is 13.9. The number of aliphatic hydroxyl groups is 1. The molecule has 2 atom stereocenters. The smallest absolute Gasteiger partial charge is 0.198 e. The van der Waals surface area contributed by atoms with E-state index >= 15 is 0 Å². The summed E-state index contributed by atoms with van der Waals surface area (Å²) in [5, 5.41) is 32.7. The van der Waals surface area contributed by atoms with Crippen LogP contribution in [-0.2, 0) is 0 Å². The van der Waals surface area contributed by atoms with Crippen molar-refractivity contribution in [2.75, 3.05) is 0 Å². The Morgan fingerprint density at radius 3 is 2.00 bits per heavy atom. The zero-order chi connectivity index (χ0) is 20.4. The number of carbonyl (C=O) groups excluding carboxylic acids is 2. The topological polar surface area (TPSA) is 94.8 Å². The molecule has 0 saturated carbocycles. The fourth-order valence-electron chi connectivity index (χ4n) is 4.53. The van der Waals surface area contributed by atoms with Crippen molar-refractivity contribution in [2.24, 2.45) is 0 Å². The van der Waals surface area contributed by atoms with Crippen molar-refractivity contribution in [1.82, 2.24) is 0 Å². The van der Waals surface area contributed by atoms with Crippen molar-refractivity contribution in [3.63, 3.8) is 0 Å². The first-order valence-corrected chi connectivity index (χ1v) is 9.93. The number of phenolic OH excluding ortho intramolecular Hbond substituents is 2. The van der Waals surface area contributed by atoms with Crippen molar-refractivity contribution in [1.29, 1.82) is 0 Å². The number of hydrogen-bond donors (Lipinski definition) is 3. The van der Waals surface area contributed by atoms with E-state index in [1.54, 1.807) is 12.1 Å². The lowest BCUT2D eigenvalue weighted by atomic mass is 9.79. The van der Waals surface area contributed by atoms with Crippen molar-refractivity contribution in [3.8, 4) is 11.5 Å². The standard InChI is InChI=1S/C23H15BrO5/c24-11-5-3-4-10(8-11)14-9-15(25)17-16(14)22(28)18-19(23(17)29)21(27)13-7-2-1-6-12(13)20(18)26/h1-8,14-15,25,28-29H,9H2. The van der Waals surface area contributed by atoms with Gasteiger partial charge in [0.1, 0.15) is 11.5 Å². The molecule has 3 aromatic rings. The van der Waals surface area contributed by atoms with E-state index in [4.69, 9.17) is 0 Å². The van der Waals surface area contributed by atoms with Gasteiger partial charge < -0.3 is 15.3 Å². The average Bonchev–Trinajstić information content (AvgIpc) is 3.07. The third kappa shape index (κ3) is 2.42. The van der Waals surface area contributed by atoms with Crippen LogP contribution in [0.5, 0.6) is 11.5 Å². The monoisotopic (exact) mass is 450 g/mol. The van der Waals surface area contributed by atoms with Crippen molar-refractivity contribution in [2.45, 2.75) is 18.4 Å². The molecule has 0 fully saturated rings. The summed E-state index contributed by atoms with van der Waals surface area (Å²) < 4.78 is 0.833. The van der Waals surface area contributed by atoms with Gasteiger partial charge in [-0.15, -0.1) is 0 Å². The number of aromatic hydroxyl groups is 2. The number of hydrogen-bond acceptors (Lipinski definition) is 5. The number of benzene rings is 3. The van der Waals surface area contributed by atoms with Crippen LogP contribution in [0.25, 0.3) is 0 Å². The molecule has 6 heteroatoms. The molecule has 2 aliphatic rings. The molecule has 0 aliphatic heterocycles. The van der Waals surface area contributed by atoms with Gasteiger partial charge >= 0.3 is 0 Å². The van der Waals surface area contributed by atoms with Gasteiger partial charge in [-0.25, -0.2) is 0 Å². The number of ketones is 2. The molecule has 0 saturated heterocycles. The molecule has 2 aliphatic carbocycles. The van der Waals surface area contributed by atoms with E-state index in [0.717, 1.165) is 10.0 Å². The van der Waals surface area contributed by atoms with E-state index in [-0.39, 0.29) is 40.0 Å². The van der Waals surface area contributed by atoms with E-state index in [1.807, 2.05) is 24.3 Å². The van der Waals surface area contributed by atoms with Crippen LogP contribution in [0.3, 0.4) is 0 Å². The number of phenols is 2. The Morgan fingerprint density at radius 1 is 0.828 bits per heavy atom. The summed E-state index contributed by atoms with van der Waals surface area (Å²) in [6.07, 6.45) is -0.837. The molecule has 0 bridgehead atoms. The molecule has 0 amide bonds. The predicted molar refractivity (Wildman–Crippen MR) is 109 cm³/mol. The second-order valence-electron chi connectivity index (χ2n) is 7.34. The van der Waals surface area contributed by atoms with Gasteiger partial charge in [0.15, 0.2) is 11.6 Å². The second kappa shape index (κ2) is 6.27. The maximum Gasteiger partial charge on any atom is 0.198 e. The van der Waals surface area contributed by atoms with Crippen LogP contribution in [0, 0.1) is 0 Å². The van der Waals surface area contributed by atoms with Crippen molar-refractivity contribution < 1.29 is 24.9 Å². The molecule has 3 N–H and O–H groups in total. The van der Waals surface area contributed by atoms with Crippen molar-refractivity contribution >= 4 is 27.5 Å².